The van der Waals surface area contributed by atoms with Crippen LogP contribution in [0.5, 0.6) is 0 Å². The van der Waals surface area contributed by atoms with Crippen LogP contribution in [0.2, 0.25) is 0 Å². The normalized spacial score (nSPS) is 10.5. The minimum absolute atomic E-state index is 0.125. The van der Waals surface area contributed by atoms with Gasteiger partial charge in [-0.25, -0.2) is 0 Å². The largest absolute Gasteiger partial charge is 0.459 e. The molecule has 1 heterocycles. The quantitative estimate of drug-likeness (QED) is 0.711. The number of benzene rings is 2. The lowest BCUT2D eigenvalue weighted by Crippen LogP contribution is -2.12. The highest BCUT2D eigenvalue weighted by molar-refractivity contribution is 9.10. The number of amides is 1. The summed E-state index contributed by atoms with van der Waals surface area (Å²) in [4.78, 5) is 12.2. The van der Waals surface area contributed by atoms with Crippen LogP contribution < -0.4 is 5.32 Å². The molecule has 3 aromatic rings. The molecule has 116 valence electrons. The summed E-state index contributed by atoms with van der Waals surface area (Å²) in [5, 5.41) is 11.9. The molecule has 0 aliphatic carbocycles. The third-order valence-electron chi connectivity index (χ3n) is 3.36. The van der Waals surface area contributed by atoms with E-state index in [9.17, 15) is 4.79 Å². The maximum atomic E-state index is 12.2. The van der Waals surface area contributed by atoms with Crippen LogP contribution in [0.15, 0.2) is 69.6 Å². The molecule has 4 nitrogen and oxygen atoms in total. The van der Waals surface area contributed by atoms with Crippen molar-refractivity contribution in [2.75, 3.05) is 5.32 Å². The molecular formula is C18H14BrNO3. The highest BCUT2D eigenvalue weighted by Crippen LogP contribution is 2.24. The van der Waals surface area contributed by atoms with Gasteiger partial charge in [0.15, 0.2) is 0 Å². The molecule has 0 fully saturated rings. The molecule has 0 saturated heterocycles. The molecule has 0 radical (unpaired) electrons. The molecule has 0 aliphatic rings. The molecule has 0 aliphatic heterocycles. The van der Waals surface area contributed by atoms with Crippen LogP contribution in [-0.4, -0.2) is 11.0 Å². The van der Waals surface area contributed by atoms with Crippen molar-refractivity contribution >= 4 is 27.5 Å². The summed E-state index contributed by atoms with van der Waals surface area (Å²) in [6.45, 7) is -0.125. The van der Waals surface area contributed by atoms with Crippen molar-refractivity contribution in [3.63, 3.8) is 0 Å². The lowest BCUT2D eigenvalue weighted by Gasteiger charge is -2.07. The van der Waals surface area contributed by atoms with Gasteiger partial charge in [-0.15, -0.1) is 0 Å². The van der Waals surface area contributed by atoms with Gasteiger partial charge in [-0.2, -0.15) is 0 Å². The third kappa shape index (κ3) is 3.52. The number of carbonyl (C=O) groups excluding carboxylic acids is 1. The monoisotopic (exact) mass is 371 g/mol. The fraction of sp³-hybridized carbons (Fsp3) is 0.0556. The first-order valence-corrected chi connectivity index (χ1v) is 7.82. The van der Waals surface area contributed by atoms with Gasteiger partial charge in [-0.05, 0) is 64.5 Å². The Kier molecular flexibility index (Phi) is 4.60. The molecule has 0 bridgehead atoms. The molecular weight excluding hydrogens is 358 g/mol. The Bertz CT molecular complexity index is 824. The number of nitrogens with one attached hydrogen (secondary N) is 1. The predicted octanol–water partition coefficient (Wildman–Crippen LogP) is 4.45. The van der Waals surface area contributed by atoms with Gasteiger partial charge in [-0.3, -0.25) is 4.79 Å². The number of rotatable bonds is 4. The summed E-state index contributed by atoms with van der Waals surface area (Å²) in [6, 6.07) is 18.1. The fourth-order valence-electron chi connectivity index (χ4n) is 2.18. The van der Waals surface area contributed by atoms with E-state index in [0.717, 1.165) is 10.0 Å². The van der Waals surface area contributed by atoms with Crippen LogP contribution in [0.25, 0.3) is 11.3 Å². The molecule has 0 atom stereocenters. The maximum absolute atomic E-state index is 12.2. The Hall–Kier alpha value is -2.37. The molecule has 0 saturated carbocycles. The van der Waals surface area contributed by atoms with Crippen LogP contribution in [0.4, 0.5) is 5.69 Å². The van der Waals surface area contributed by atoms with Gasteiger partial charge in [-0.1, -0.05) is 12.1 Å². The Morgan fingerprint density at radius 1 is 1.04 bits per heavy atom. The zero-order chi connectivity index (χ0) is 16.2. The average molecular weight is 372 g/mol. The minimum Gasteiger partial charge on any atom is -0.459 e. The topological polar surface area (TPSA) is 62.5 Å². The van der Waals surface area contributed by atoms with E-state index < -0.39 is 0 Å². The van der Waals surface area contributed by atoms with Gasteiger partial charge in [0.05, 0.1) is 5.56 Å². The Morgan fingerprint density at radius 2 is 1.78 bits per heavy atom. The molecule has 0 spiro atoms. The minimum atomic E-state index is -0.175. The highest BCUT2D eigenvalue weighted by Gasteiger charge is 2.10. The maximum Gasteiger partial charge on any atom is 0.256 e. The third-order valence-corrected chi connectivity index (χ3v) is 4.05. The van der Waals surface area contributed by atoms with Crippen molar-refractivity contribution < 1.29 is 14.3 Å². The number of aliphatic hydroxyl groups excluding tert-OH is 1. The van der Waals surface area contributed by atoms with Gasteiger partial charge in [0.1, 0.15) is 18.1 Å². The van der Waals surface area contributed by atoms with E-state index in [1.54, 1.807) is 18.2 Å². The van der Waals surface area contributed by atoms with Crippen molar-refractivity contribution in [3.8, 4) is 11.3 Å². The summed E-state index contributed by atoms with van der Waals surface area (Å²) in [7, 11) is 0. The summed E-state index contributed by atoms with van der Waals surface area (Å²) in [6.07, 6.45) is 0. The number of anilines is 1. The van der Waals surface area contributed by atoms with Crippen molar-refractivity contribution in [1.29, 1.82) is 0 Å². The van der Waals surface area contributed by atoms with Crippen molar-refractivity contribution in [1.82, 2.24) is 0 Å². The first kappa shape index (κ1) is 15.5. The zero-order valence-electron chi connectivity index (χ0n) is 12.1. The second-order valence-corrected chi connectivity index (χ2v) is 5.79. The second kappa shape index (κ2) is 6.81. The summed E-state index contributed by atoms with van der Waals surface area (Å²) >= 11 is 3.37. The molecule has 1 amide bonds. The second-order valence-electron chi connectivity index (χ2n) is 4.94. The van der Waals surface area contributed by atoms with Crippen LogP contribution in [0, 0.1) is 0 Å². The van der Waals surface area contributed by atoms with E-state index in [-0.39, 0.29) is 12.5 Å². The van der Waals surface area contributed by atoms with Crippen molar-refractivity contribution in [3.05, 3.63) is 76.5 Å². The number of aliphatic hydroxyl groups is 1. The first-order valence-electron chi connectivity index (χ1n) is 7.03. The van der Waals surface area contributed by atoms with E-state index in [4.69, 9.17) is 9.52 Å². The lowest BCUT2D eigenvalue weighted by molar-refractivity contribution is 0.102. The van der Waals surface area contributed by atoms with Gasteiger partial charge in [0.2, 0.25) is 0 Å². The summed E-state index contributed by atoms with van der Waals surface area (Å²) in [5.74, 6) is 1.02. The van der Waals surface area contributed by atoms with Crippen molar-refractivity contribution in [2.45, 2.75) is 6.61 Å². The highest BCUT2D eigenvalue weighted by atomic mass is 79.9. The molecule has 1 aromatic heterocycles. The van der Waals surface area contributed by atoms with Gasteiger partial charge in [0.25, 0.3) is 5.91 Å². The molecule has 5 heteroatoms. The number of furan rings is 1. The molecule has 0 unspecified atom stereocenters. The van der Waals surface area contributed by atoms with Crippen LogP contribution in [0.1, 0.15) is 16.1 Å². The number of hydrogen-bond acceptors (Lipinski definition) is 3. The SMILES string of the molecule is O=C(Nc1ccc(-c2ccc(CO)o2)cc1)c1ccccc1Br. The van der Waals surface area contributed by atoms with Gasteiger partial charge < -0.3 is 14.8 Å². The molecule has 3 rings (SSSR count). The number of halogens is 1. The number of carbonyl (C=O) groups is 1. The summed E-state index contributed by atoms with van der Waals surface area (Å²) in [5.41, 5.74) is 2.15. The first-order chi connectivity index (χ1) is 11.2. The average Bonchev–Trinajstić information content (AvgIpc) is 3.05. The standard InChI is InChI=1S/C18H14BrNO3/c19-16-4-2-1-3-15(16)18(22)20-13-7-5-12(6-8-13)17-10-9-14(11-21)23-17/h1-10,21H,11H2,(H,20,22). The lowest BCUT2D eigenvalue weighted by atomic mass is 10.1. The van der Waals surface area contributed by atoms with Gasteiger partial charge >= 0.3 is 0 Å². The zero-order valence-corrected chi connectivity index (χ0v) is 13.7. The Labute approximate surface area is 141 Å². The van der Waals surface area contributed by atoms with E-state index in [1.165, 1.54) is 0 Å². The Balaban J connectivity index is 1.75. The predicted molar refractivity (Wildman–Crippen MR) is 92.2 cm³/mol. The van der Waals surface area contributed by atoms with Crippen molar-refractivity contribution in [2.24, 2.45) is 0 Å². The van der Waals surface area contributed by atoms with Crippen LogP contribution in [-0.2, 0) is 6.61 Å². The Morgan fingerprint density at radius 3 is 2.43 bits per heavy atom. The number of hydrogen-bond donors (Lipinski definition) is 2. The smallest absolute Gasteiger partial charge is 0.256 e. The molecule has 2 aromatic carbocycles. The molecule has 23 heavy (non-hydrogen) atoms. The van der Waals surface area contributed by atoms with Gasteiger partial charge in [0, 0.05) is 15.7 Å². The van der Waals surface area contributed by atoms with E-state index in [0.29, 0.717) is 22.8 Å². The van der Waals surface area contributed by atoms with E-state index in [2.05, 4.69) is 21.2 Å². The van der Waals surface area contributed by atoms with Crippen LogP contribution >= 0.6 is 15.9 Å². The fourth-order valence-corrected chi connectivity index (χ4v) is 2.64. The van der Waals surface area contributed by atoms with E-state index >= 15 is 0 Å². The summed E-state index contributed by atoms with van der Waals surface area (Å²) < 4.78 is 6.23. The van der Waals surface area contributed by atoms with Crippen LogP contribution in [0.3, 0.4) is 0 Å². The van der Waals surface area contributed by atoms with E-state index in [1.807, 2.05) is 42.5 Å². The molecule has 2 N–H and O–H groups in total.